The van der Waals surface area contributed by atoms with Crippen LogP contribution in [-0.2, 0) is 11.4 Å². The van der Waals surface area contributed by atoms with Crippen LogP contribution >= 0.6 is 15.9 Å². The van der Waals surface area contributed by atoms with Gasteiger partial charge in [-0.3, -0.25) is 14.9 Å². The molecule has 0 aromatic heterocycles. The Morgan fingerprint density at radius 1 is 1.14 bits per heavy atom. The number of nitro groups is 1. The highest BCUT2D eigenvalue weighted by molar-refractivity contribution is 9.10. The lowest BCUT2D eigenvalue weighted by Crippen LogP contribution is -2.13. The maximum atomic E-state index is 12.6. The minimum absolute atomic E-state index is 0.00601. The molecule has 184 valence electrons. The van der Waals surface area contributed by atoms with Gasteiger partial charge in [0.1, 0.15) is 24.0 Å². The van der Waals surface area contributed by atoms with Crippen molar-refractivity contribution in [2.45, 2.75) is 13.5 Å². The number of nitrogens with zero attached hydrogens (tertiary/aromatic N) is 2. The van der Waals surface area contributed by atoms with Crippen molar-refractivity contribution >= 4 is 39.3 Å². The number of nitro benzene ring substituents is 1. The molecule has 1 amide bonds. The summed E-state index contributed by atoms with van der Waals surface area (Å²) >= 11 is 3.45. The van der Waals surface area contributed by atoms with E-state index in [0.717, 1.165) is 5.56 Å². The Morgan fingerprint density at radius 2 is 1.83 bits per heavy atom. The molecule has 9 nitrogen and oxygen atoms in total. The van der Waals surface area contributed by atoms with Crippen LogP contribution in [0.2, 0.25) is 0 Å². The molecule has 0 unspecified atom stereocenters. The number of non-ortho nitro benzene ring substituents is 1. The second-order valence-corrected chi connectivity index (χ2v) is 8.18. The van der Waals surface area contributed by atoms with Crippen LogP contribution in [0.3, 0.4) is 0 Å². The molecule has 0 heterocycles. The van der Waals surface area contributed by atoms with Crippen molar-refractivity contribution in [1.82, 2.24) is 0 Å². The maximum Gasteiger partial charge on any atom is 0.269 e. The number of rotatable bonds is 10. The van der Waals surface area contributed by atoms with Gasteiger partial charge in [0.15, 0.2) is 11.5 Å². The molecule has 0 radical (unpaired) electrons. The van der Waals surface area contributed by atoms with Crippen LogP contribution in [0.4, 0.5) is 11.4 Å². The van der Waals surface area contributed by atoms with Crippen LogP contribution in [0.5, 0.6) is 17.2 Å². The first kappa shape index (κ1) is 26.2. The molecule has 0 fully saturated rings. The van der Waals surface area contributed by atoms with Gasteiger partial charge in [-0.25, -0.2) is 0 Å². The third kappa shape index (κ3) is 6.84. The van der Waals surface area contributed by atoms with Crippen LogP contribution in [0.15, 0.2) is 70.7 Å². The number of amides is 1. The summed E-state index contributed by atoms with van der Waals surface area (Å²) in [6.45, 7) is 2.56. The molecule has 10 heteroatoms. The van der Waals surface area contributed by atoms with Gasteiger partial charge < -0.3 is 19.5 Å². The van der Waals surface area contributed by atoms with Crippen LogP contribution in [0, 0.1) is 21.4 Å². The molecule has 0 aliphatic carbocycles. The van der Waals surface area contributed by atoms with E-state index in [1.165, 1.54) is 25.3 Å². The first-order valence-corrected chi connectivity index (χ1v) is 11.5. The highest BCUT2D eigenvalue weighted by Crippen LogP contribution is 2.38. The van der Waals surface area contributed by atoms with Gasteiger partial charge in [0, 0.05) is 17.8 Å². The standard InChI is InChI=1S/C26H22BrN3O6/c1-3-35-22-10-6-20(7-11-22)29-26(31)19(15-28)12-18-13-23(27)25(24(14-18)34-2)36-16-17-4-8-21(9-5-17)30(32)33/h4-14H,3,16H2,1-2H3,(H,29,31)/b19-12-. The average Bonchev–Trinajstić information content (AvgIpc) is 2.87. The lowest BCUT2D eigenvalue weighted by atomic mass is 10.1. The number of carbonyl (C=O) groups excluding carboxylic acids is 1. The number of ether oxygens (including phenoxy) is 3. The second kappa shape index (κ2) is 12.4. The van der Waals surface area contributed by atoms with Crippen LogP contribution in [0.25, 0.3) is 6.08 Å². The molecule has 0 aliphatic heterocycles. The summed E-state index contributed by atoms with van der Waals surface area (Å²) in [7, 11) is 1.47. The number of carbonyl (C=O) groups is 1. The fourth-order valence-corrected chi connectivity index (χ4v) is 3.72. The maximum absolute atomic E-state index is 12.6. The van der Waals surface area contributed by atoms with Crippen LogP contribution < -0.4 is 19.5 Å². The molecule has 3 aromatic carbocycles. The molecular formula is C26H22BrN3O6. The lowest BCUT2D eigenvalue weighted by Gasteiger charge is -2.14. The largest absolute Gasteiger partial charge is 0.494 e. The van der Waals surface area contributed by atoms with E-state index in [9.17, 15) is 20.2 Å². The Hall–Kier alpha value is -4.36. The SMILES string of the molecule is CCOc1ccc(NC(=O)/C(C#N)=C\c2cc(Br)c(OCc3ccc([N+](=O)[O-])cc3)c(OC)c2)cc1. The molecule has 0 aliphatic rings. The van der Waals surface area contributed by atoms with Crippen molar-refractivity contribution in [3.8, 4) is 23.3 Å². The van der Waals surface area contributed by atoms with E-state index in [1.54, 1.807) is 48.5 Å². The first-order valence-electron chi connectivity index (χ1n) is 10.7. The van der Waals surface area contributed by atoms with E-state index in [2.05, 4.69) is 21.2 Å². The Labute approximate surface area is 216 Å². The highest BCUT2D eigenvalue weighted by atomic mass is 79.9. The van der Waals surface area contributed by atoms with E-state index in [0.29, 0.717) is 39.6 Å². The Balaban J connectivity index is 1.75. The first-order chi connectivity index (χ1) is 17.3. The number of hydrogen-bond acceptors (Lipinski definition) is 7. The van der Waals surface area contributed by atoms with Crippen molar-refractivity contribution in [2.75, 3.05) is 19.0 Å². The van der Waals surface area contributed by atoms with E-state index in [1.807, 2.05) is 13.0 Å². The fourth-order valence-electron chi connectivity index (χ4n) is 3.15. The van der Waals surface area contributed by atoms with Crippen molar-refractivity contribution in [3.05, 3.63) is 92.0 Å². The second-order valence-electron chi connectivity index (χ2n) is 7.33. The predicted octanol–water partition coefficient (Wildman–Crippen LogP) is 5.89. The Morgan fingerprint density at radius 3 is 2.42 bits per heavy atom. The molecule has 1 N–H and O–H groups in total. The number of anilines is 1. The Kier molecular flexibility index (Phi) is 9.02. The summed E-state index contributed by atoms with van der Waals surface area (Å²) in [4.78, 5) is 23.0. The zero-order valence-electron chi connectivity index (χ0n) is 19.5. The molecule has 0 bridgehead atoms. The van der Waals surface area contributed by atoms with Gasteiger partial charge >= 0.3 is 0 Å². The van der Waals surface area contributed by atoms with E-state index < -0.39 is 10.8 Å². The van der Waals surface area contributed by atoms with E-state index in [4.69, 9.17) is 14.2 Å². The third-order valence-corrected chi connectivity index (χ3v) is 5.47. The average molecular weight is 552 g/mol. The summed E-state index contributed by atoms with van der Waals surface area (Å²) in [5.41, 5.74) is 1.69. The van der Waals surface area contributed by atoms with Gasteiger partial charge in [-0.15, -0.1) is 0 Å². The Bertz CT molecular complexity index is 1320. The van der Waals surface area contributed by atoms with Crippen LogP contribution in [-0.4, -0.2) is 24.5 Å². The van der Waals surface area contributed by atoms with Gasteiger partial charge in [0.2, 0.25) is 0 Å². The molecule has 3 aromatic rings. The summed E-state index contributed by atoms with van der Waals surface area (Å²) in [6, 6.07) is 18.1. The number of benzene rings is 3. The molecule has 0 saturated carbocycles. The quantitative estimate of drug-likeness (QED) is 0.144. The van der Waals surface area contributed by atoms with Gasteiger partial charge in [-0.05, 0) is 88.6 Å². The minimum atomic E-state index is -0.560. The molecule has 3 rings (SSSR count). The van der Waals surface area contributed by atoms with Crippen molar-refractivity contribution in [1.29, 1.82) is 5.26 Å². The van der Waals surface area contributed by atoms with Gasteiger partial charge in [-0.2, -0.15) is 5.26 Å². The van der Waals surface area contributed by atoms with Gasteiger partial charge in [0.05, 0.1) is 23.1 Å². The van der Waals surface area contributed by atoms with Gasteiger partial charge in [0.25, 0.3) is 11.6 Å². The number of methoxy groups -OCH3 is 1. The smallest absolute Gasteiger partial charge is 0.269 e. The number of nitriles is 1. The molecule has 0 atom stereocenters. The number of hydrogen-bond donors (Lipinski definition) is 1. The van der Waals surface area contributed by atoms with Crippen molar-refractivity contribution in [3.63, 3.8) is 0 Å². The zero-order valence-corrected chi connectivity index (χ0v) is 21.1. The molecule has 36 heavy (non-hydrogen) atoms. The predicted molar refractivity (Wildman–Crippen MR) is 138 cm³/mol. The fraction of sp³-hybridized carbons (Fsp3) is 0.154. The van der Waals surface area contributed by atoms with Crippen molar-refractivity contribution < 1.29 is 23.9 Å². The summed E-state index contributed by atoms with van der Waals surface area (Å²) in [5.74, 6) is 0.904. The molecule has 0 spiro atoms. The molecular weight excluding hydrogens is 530 g/mol. The van der Waals surface area contributed by atoms with E-state index >= 15 is 0 Å². The molecule has 0 saturated heterocycles. The number of nitrogens with one attached hydrogen (secondary N) is 1. The normalized spacial score (nSPS) is 10.8. The lowest BCUT2D eigenvalue weighted by molar-refractivity contribution is -0.384. The van der Waals surface area contributed by atoms with Crippen LogP contribution in [0.1, 0.15) is 18.1 Å². The minimum Gasteiger partial charge on any atom is -0.494 e. The zero-order chi connectivity index (χ0) is 26.1. The van der Waals surface area contributed by atoms with E-state index in [-0.39, 0.29) is 17.9 Å². The topological polar surface area (TPSA) is 124 Å². The summed E-state index contributed by atoms with van der Waals surface area (Å²) in [5, 5.41) is 23.1. The third-order valence-electron chi connectivity index (χ3n) is 4.88. The number of halogens is 1. The van der Waals surface area contributed by atoms with Crippen molar-refractivity contribution in [2.24, 2.45) is 0 Å². The van der Waals surface area contributed by atoms with Gasteiger partial charge in [-0.1, -0.05) is 0 Å². The highest BCUT2D eigenvalue weighted by Gasteiger charge is 2.15. The summed E-state index contributed by atoms with van der Waals surface area (Å²) in [6.07, 6.45) is 1.44. The summed E-state index contributed by atoms with van der Waals surface area (Å²) < 4.78 is 17.2. The monoisotopic (exact) mass is 551 g/mol.